The lowest BCUT2D eigenvalue weighted by molar-refractivity contribution is 0.0697. The SMILES string of the molecule is O=C(O)c1cc(=S)[nH]nc1N1CCCCCC1. The Kier molecular flexibility index (Phi) is 3.73. The molecule has 0 unspecified atom stereocenters. The quantitative estimate of drug-likeness (QED) is 0.791. The van der Waals surface area contributed by atoms with E-state index in [0.29, 0.717) is 10.5 Å². The summed E-state index contributed by atoms with van der Waals surface area (Å²) in [5, 5.41) is 15.9. The van der Waals surface area contributed by atoms with Gasteiger partial charge in [-0.2, -0.15) is 5.10 Å². The molecule has 0 aliphatic carbocycles. The summed E-state index contributed by atoms with van der Waals surface area (Å²) in [4.78, 5) is 13.2. The summed E-state index contributed by atoms with van der Waals surface area (Å²) in [7, 11) is 0. The van der Waals surface area contributed by atoms with E-state index >= 15 is 0 Å². The first kappa shape index (κ1) is 12.0. The van der Waals surface area contributed by atoms with Crippen molar-refractivity contribution in [2.75, 3.05) is 18.0 Å². The van der Waals surface area contributed by atoms with Gasteiger partial charge >= 0.3 is 5.97 Å². The highest BCUT2D eigenvalue weighted by Crippen LogP contribution is 2.20. The number of nitrogens with zero attached hydrogens (tertiary/aromatic N) is 2. The van der Waals surface area contributed by atoms with Crippen LogP contribution < -0.4 is 4.90 Å². The molecule has 92 valence electrons. The summed E-state index contributed by atoms with van der Waals surface area (Å²) < 4.78 is 0.348. The van der Waals surface area contributed by atoms with Crippen LogP contribution in [0.4, 0.5) is 5.82 Å². The monoisotopic (exact) mass is 253 g/mol. The molecule has 0 aromatic carbocycles. The number of aromatic nitrogens is 2. The molecule has 1 aromatic rings. The lowest BCUT2D eigenvalue weighted by Crippen LogP contribution is -2.27. The predicted octanol–water partition coefficient (Wildman–Crippen LogP) is 2.22. The molecule has 0 atom stereocenters. The molecule has 1 aliphatic rings. The summed E-state index contributed by atoms with van der Waals surface area (Å²) in [5.41, 5.74) is 0.190. The van der Waals surface area contributed by atoms with Crippen molar-refractivity contribution >= 4 is 24.0 Å². The first-order valence-corrected chi connectivity index (χ1v) is 6.17. The van der Waals surface area contributed by atoms with Crippen molar-refractivity contribution in [2.45, 2.75) is 25.7 Å². The number of rotatable bonds is 2. The van der Waals surface area contributed by atoms with Crippen LogP contribution in [0.2, 0.25) is 0 Å². The average Bonchev–Trinajstić information content (AvgIpc) is 2.57. The highest BCUT2D eigenvalue weighted by atomic mass is 32.1. The molecule has 1 aliphatic heterocycles. The highest BCUT2D eigenvalue weighted by molar-refractivity contribution is 7.71. The summed E-state index contributed by atoms with van der Waals surface area (Å²) in [6.45, 7) is 1.72. The third-order valence-electron chi connectivity index (χ3n) is 2.92. The van der Waals surface area contributed by atoms with Crippen LogP contribution in [0.15, 0.2) is 6.07 Å². The van der Waals surface area contributed by atoms with Gasteiger partial charge in [0.2, 0.25) is 0 Å². The zero-order valence-corrected chi connectivity index (χ0v) is 10.3. The lowest BCUT2D eigenvalue weighted by atomic mass is 10.2. The second kappa shape index (κ2) is 5.27. The van der Waals surface area contributed by atoms with Gasteiger partial charge in [-0.15, -0.1) is 0 Å². The van der Waals surface area contributed by atoms with Crippen molar-refractivity contribution in [1.82, 2.24) is 10.2 Å². The Morgan fingerprint density at radius 3 is 2.59 bits per heavy atom. The predicted molar refractivity (Wildman–Crippen MR) is 67.1 cm³/mol. The molecular formula is C11H15N3O2S. The molecule has 2 N–H and O–H groups in total. The first-order valence-electron chi connectivity index (χ1n) is 5.76. The number of aromatic carboxylic acids is 1. The number of carboxylic acids is 1. The molecule has 0 saturated carbocycles. The minimum Gasteiger partial charge on any atom is -0.478 e. The van der Waals surface area contributed by atoms with E-state index in [0.717, 1.165) is 25.9 Å². The van der Waals surface area contributed by atoms with E-state index in [4.69, 9.17) is 17.3 Å². The molecule has 5 nitrogen and oxygen atoms in total. The summed E-state index contributed by atoms with van der Waals surface area (Å²) in [6, 6.07) is 1.46. The maximum Gasteiger partial charge on any atom is 0.339 e. The lowest BCUT2D eigenvalue weighted by Gasteiger charge is -2.22. The minimum absolute atomic E-state index is 0.190. The average molecular weight is 253 g/mol. The van der Waals surface area contributed by atoms with Crippen LogP contribution in [-0.4, -0.2) is 34.4 Å². The maximum atomic E-state index is 11.2. The Bertz CT molecular complexity index is 464. The van der Waals surface area contributed by atoms with Crippen LogP contribution in [-0.2, 0) is 0 Å². The molecule has 0 spiro atoms. The fraction of sp³-hybridized carbons (Fsp3) is 0.545. The molecular weight excluding hydrogens is 238 g/mol. The van der Waals surface area contributed by atoms with E-state index in [9.17, 15) is 4.79 Å². The standard InChI is InChI=1S/C11H15N3O2S/c15-11(16)8-7-9(17)12-13-10(8)14-5-3-1-2-4-6-14/h7H,1-6H2,(H,12,17)(H,15,16). The first-order chi connectivity index (χ1) is 8.18. The van der Waals surface area contributed by atoms with Crippen LogP contribution in [0.5, 0.6) is 0 Å². The Balaban J connectivity index is 2.35. The van der Waals surface area contributed by atoms with Gasteiger partial charge in [0.15, 0.2) is 5.82 Å². The van der Waals surface area contributed by atoms with Gasteiger partial charge in [-0.1, -0.05) is 25.1 Å². The molecule has 1 aromatic heterocycles. The molecule has 0 radical (unpaired) electrons. The Hall–Kier alpha value is -1.43. The summed E-state index contributed by atoms with van der Waals surface area (Å²) in [5.74, 6) is -0.468. The number of aromatic amines is 1. The number of carbonyl (C=O) groups is 1. The van der Waals surface area contributed by atoms with Crippen molar-refractivity contribution in [1.29, 1.82) is 0 Å². The molecule has 0 amide bonds. The molecule has 2 rings (SSSR count). The Morgan fingerprint density at radius 1 is 1.35 bits per heavy atom. The number of nitrogens with one attached hydrogen (secondary N) is 1. The number of H-pyrrole nitrogens is 1. The molecule has 1 saturated heterocycles. The summed E-state index contributed by atoms with van der Waals surface area (Å²) in [6.07, 6.45) is 4.55. The van der Waals surface area contributed by atoms with E-state index in [1.165, 1.54) is 18.9 Å². The van der Waals surface area contributed by atoms with E-state index in [-0.39, 0.29) is 5.56 Å². The van der Waals surface area contributed by atoms with Gasteiger partial charge in [0, 0.05) is 13.1 Å². The van der Waals surface area contributed by atoms with Crippen LogP contribution in [0, 0.1) is 4.64 Å². The largest absolute Gasteiger partial charge is 0.478 e. The Morgan fingerprint density at radius 2 is 2.00 bits per heavy atom. The zero-order chi connectivity index (χ0) is 12.3. The number of hydrogen-bond acceptors (Lipinski definition) is 4. The molecule has 0 bridgehead atoms. The third-order valence-corrected chi connectivity index (χ3v) is 3.13. The van der Waals surface area contributed by atoms with Crippen molar-refractivity contribution in [3.05, 3.63) is 16.3 Å². The number of carboxylic acid groups (broad SMARTS) is 1. The van der Waals surface area contributed by atoms with E-state index in [1.54, 1.807) is 0 Å². The van der Waals surface area contributed by atoms with Gasteiger partial charge in [0.05, 0.1) is 0 Å². The number of anilines is 1. The van der Waals surface area contributed by atoms with Crippen LogP contribution in [0.3, 0.4) is 0 Å². The summed E-state index contributed by atoms with van der Waals surface area (Å²) >= 11 is 4.91. The molecule has 1 fully saturated rings. The fourth-order valence-electron chi connectivity index (χ4n) is 2.08. The zero-order valence-electron chi connectivity index (χ0n) is 9.48. The third kappa shape index (κ3) is 2.82. The normalized spacial score (nSPS) is 16.6. The van der Waals surface area contributed by atoms with Crippen LogP contribution in [0.1, 0.15) is 36.0 Å². The smallest absolute Gasteiger partial charge is 0.339 e. The second-order valence-corrected chi connectivity index (χ2v) is 4.62. The molecule has 6 heteroatoms. The van der Waals surface area contributed by atoms with Gasteiger partial charge in [-0.25, -0.2) is 4.79 Å². The highest BCUT2D eigenvalue weighted by Gasteiger charge is 2.19. The fourth-order valence-corrected chi connectivity index (χ4v) is 2.24. The topological polar surface area (TPSA) is 69.2 Å². The van der Waals surface area contributed by atoms with Crippen molar-refractivity contribution < 1.29 is 9.90 Å². The van der Waals surface area contributed by atoms with Gasteiger partial charge in [0.25, 0.3) is 0 Å². The van der Waals surface area contributed by atoms with E-state index in [1.807, 2.05) is 4.90 Å². The van der Waals surface area contributed by atoms with Gasteiger partial charge < -0.3 is 10.0 Å². The maximum absolute atomic E-state index is 11.2. The van der Waals surface area contributed by atoms with Crippen molar-refractivity contribution in [3.63, 3.8) is 0 Å². The Labute approximate surface area is 104 Å². The van der Waals surface area contributed by atoms with Gasteiger partial charge in [0.1, 0.15) is 10.2 Å². The van der Waals surface area contributed by atoms with Crippen LogP contribution in [0.25, 0.3) is 0 Å². The van der Waals surface area contributed by atoms with E-state index in [2.05, 4.69) is 10.2 Å². The van der Waals surface area contributed by atoms with Crippen LogP contribution >= 0.6 is 12.2 Å². The van der Waals surface area contributed by atoms with E-state index < -0.39 is 5.97 Å². The minimum atomic E-state index is -0.975. The molecule has 2 heterocycles. The van der Waals surface area contributed by atoms with Crippen molar-refractivity contribution in [2.24, 2.45) is 0 Å². The molecule has 17 heavy (non-hydrogen) atoms. The van der Waals surface area contributed by atoms with Gasteiger partial charge in [-0.3, -0.25) is 5.10 Å². The second-order valence-electron chi connectivity index (χ2n) is 4.18. The van der Waals surface area contributed by atoms with Crippen molar-refractivity contribution in [3.8, 4) is 0 Å². The van der Waals surface area contributed by atoms with Gasteiger partial charge in [-0.05, 0) is 18.9 Å². The number of hydrogen-bond donors (Lipinski definition) is 2.